The van der Waals surface area contributed by atoms with E-state index < -0.39 is 15.9 Å². The zero-order chi connectivity index (χ0) is 20.8. The molecular weight excluding hydrogens is 440 g/mol. The fourth-order valence-corrected chi connectivity index (χ4v) is 5.45. The Morgan fingerprint density at radius 1 is 1.28 bits per heavy atom. The highest BCUT2D eigenvalue weighted by Crippen LogP contribution is 2.37. The SMILES string of the molecule is Cc1noc(NS(=O)(=O)c2ccsc2C(=O)C(C)c2ccc3c(c2)OCO3)c1Cl. The van der Waals surface area contributed by atoms with E-state index in [4.69, 9.17) is 25.6 Å². The van der Waals surface area contributed by atoms with Crippen LogP contribution in [0.25, 0.3) is 0 Å². The highest BCUT2D eigenvalue weighted by atomic mass is 35.5. The summed E-state index contributed by atoms with van der Waals surface area (Å²) in [6.45, 7) is 3.42. The van der Waals surface area contributed by atoms with Gasteiger partial charge in [-0.2, -0.15) is 0 Å². The van der Waals surface area contributed by atoms with Gasteiger partial charge in [-0.25, -0.2) is 13.1 Å². The first kappa shape index (κ1) is 19.7. The van der Waals surface area contributed by atoms with Gasteiger partial charge in [0.15, 0.2) is 17.3 Å². The van der Waals surface area contributed by atoms with Crippen LogP contribution < -0.4 is 14.2 Å². The van der Waals surface area contributed by atoms with Crippen LogP contribution in [-0.2, 0) is 10.0 Å². The summed E-state index contributed by atoms with van der Waals surface area (Å²) >= 11 is 7.03. The Morgan fingerprint density at radius 2 is 2.03 bits per heavy atom. The van der Waals surface area contributed by atoms with Crippen molar-refractivity contribution in [1.29, 1.82) is 0 Å². The average molecular weight is 455 g/mol. The summed E-state index contributed by atoms with van der Waals surface area (Å²) in [6, 6.07) is 6.57. The number of benzene rings is 1. The predicted molar refractivity (Wildman–Crippen MR) is 107 cm³/mol. The number of carbonyl (C=O) groups is 1. The number of rotatable bonds is 6. The Kier molecular flexibility index (Phi) is 5.01. The van der Waals surface area contributed by atoms with E-state index in [1.165, 1.54) is 6.07 Å². The minimum absolute atomic E-state index is 0.0606. The number of halogens is 1. The molecule has 3 aromatic rings. The lowest BCUT2D eigenvalue weighted by molar-refractivity contribution is 0.0967. The van der Waals surface area contributed by atoms with Crippen LogP contribution in [0.3, 0.4) is 0 Å². The number of nitrogens with one attached hydrogen (secondary N) is 1. The van der Waals surface area contributed by atoms with Crippen LogP contribution in [0.1, 0.15) is 33.8 Å². The lowest BCUT2D eigenvalue weighted by atomic mass is 9.95. The number of ketones is 1. The molecule has 0 saturated carbocycles. The molecule has 1 aromatic carbocycles. The topological polar surface area (TPSA) is 108 Å². The number of fused-ring (bicyclic) bond motifs is 1. The van der Waals surface area contributed by atoms with Gasteiger partial charge < -0.3 is 14.0 Å². The third kappa shape index (κ3) is 3.59. The Labute approximate surface area is 175 Å². The fourth-order valence-electron chi connectivity index (χ4n) is 2.82. The van der Waals surface area contributed by atoms with Gasteiger partial charge in [-0.05, 0) is 36.1 Å². The van der Waals surface area contributed by atoms with Crippen LogP contribution in [0.5, 0.6) is 11.5 Å². The molecule has 29 heavy (non-hydrogen) atoms. The molecule has 11 heteroatoms. The minimum Gasteiger partial charge on any atom is -0.454 e. The van der Waals surface area contributed by atoms with Gasteiger partial charge in [-0.3, -0.25) is 4.79 Å². The van der Waals surface area contributed by atoms with Gasteiger partial charge in [0.05, 0.1) is 4.88 Å². The molecule has 1 atom stereocenters. The third-order valence-corrected chi connectivity index (χ3v) is 7.33. The highest BCUT2D eigenvalue weighted by molar-refractivity contribution is 7.93. The molecule has 0 spiro atoms. The second-order valence-electron chi connectivity index (χ2n) is 6.33. The van der Waals surface area contributed by atoms with E-state index in [2.05, 4.69) is 9.88 Å². The molecule has 8 nitrogen and oxygen atoms in total. The molecule has 1 aliphatic rings. The second-order valence-corrected chi connectivity index (χ2v) is 9.27. The first-order valence-electron chi connectivity index (χ1n) is 8.44. The smallest absolute Gasteiger partial charge is 0.265 e. The normalized spacial score (nSPS) is 14.0. The number of Topliss-reactive ketones (excluding diaryl/α,β-unsaturated/α-hetero) is 1. The Morgan fingerprint density at radius 3 is 2.76 bits per heavy atom. The first-order chi connectivity index (χ1) is 13.8. The maximum atomic E-state index is 13.1. The summed E-state index contributed by atoms with van der Waals surface area (Å²) in [7, 11) is -4.10. The molecule has 0 amide bonds. The summed E-state index contributed by atoms with van der Waals surface area (Å²) in [5, 5.41) is 5.22. The number of anilines is 1. The molecule has 1 aliphatic heterocycles. The monoisotopic (exact) mass is 454 g/mol. The van der Waals surface area contributed by atoms with Crippen molar-refractivity contribution in [2.45, 2.75) is 24.7 Å². The predicted octanol–water partition coefficient (Wildman–Crippen LogP) is 4.21. The summed E-state index contributed by atoms with van der Waals surface area (Å²) in [6.07, 6.45) is 0. The number of aromatic nitrogens is 1. The van der Waals surface area contributed by atoms with Gasteiger partial charge in [0, 0.05) is 5.92 Å². The maximum absolute atomic E-state index is 13.1. The Balaban J connectivity index is 1.62. The van der Waals surface area contributed by atoms with E-state index in [0.717, 1.165) is 11.3 Å². The van der Waals surface area contributed by atoms with Crippen molar-refractivity contribution < 1.29 is 27.2 Å². The second kappa shape index (κ2) is 7.36. The van der Waals surface area contributed by atoms with E-state index in [9.17, 15) is 13.2 Å². The molecule has 0 saturated heterocycles. The number of hydrogen-bond donors (Lipinski definition) is 1. The highest BCUT2D eigenvalue weighted by Gasteiger charge is 2.30. The number of hydrogen-bond acceptors (Lipinski definition) is 8. The first-order valence-corrected chi connectivity index (χ1v) is 11.2. The van der Waals surface area contributed by atoms with Crippen molar-refractivity contribution in [3.05, 3.63) is 50.8 Å². The third-order valence-electron chi connectivity index (χ3n) is 4.45. The van der Waals surface area contributed by atoms with Gasteiger partial charge in [0.25, 0.3) is 15.9 Å². The lowest BCUT2D eigenvalue weighted by Crippen LogP contribution is -2.17. The van der Waals surface area contributed by atoms with Gasteiger partial charge in [0.1, 0.15) is 15.6 Å². The molecule has 4 rings (SSSR count). The Hall–Kier alpha value is -2.56. The average Bonchev–Trinajstić information content (AvgIpc) is 3.43. The molecule has 2 aromatic heterocycles. The van der Waals surface area contributed by atoms with Crippen molar-refractivity contribution in [3.8, 4) is 11.5 Å². The summed E-state index contributed by atoms with van der Waals surface area (Å²) < 4.78 is 43.4. The molecule has 152 valence electrons. The standard InChI is InChI=1S/C18H15ClN2O6S2/c1-9(11-3-4-12-13(7-11)26-8-25-12)16(22)17-14(5-6-28-17)29(23,24)21-18-15(19)10(2)20-27-18/h3-7,9,21H,8H2,1-2H3. The molecule has 0 radical (unpaired) electrons. The number of carbonyl (C=O) groups excluding carboxylic acids is 1. The molecule has 0 bridgehead atoms. The fraction of sp³-hybridized carbons (Fsp3) is 0.222. The van der Waals surface area contributed by atoms with Crippen LogP contribution >= 0.6 is 22.9 Å². The quantitative estimate of drug-likeness (QED) is 0.555. The van der Waals surface area contributed by atoms with E-state index in [1.807, 2.05) is 0 Å². The van der Waals surface area contributed by atoms with Crippen LogP contribution in [0.2, 0.25) is 5.02 Å². The maximum Gasteiger partial charge on any atom is 0.265 e. The van der Waals surface area contributed by atoms with Crippen molar-refractivity contribution in [3.63, 3.8) is 0 Å². The molecule has 1 unspecified atom stereocenters. The molecule has 0 fully saturated rings. The molecule has 1 N–H and O–H groups in total. The Bertz CT molecular complexity index is 1200. The lowest BCUT2D eigenvalue weighted by Gasteiger charge is -2.12. The molecule has 3 heterocycles. The van der Waals surface area contributed by atoms with Crippen LogP contribution in [0.4, 0.5) is 5.88 Å². The largest absolute Gasteiger partial charge is 0.454 e. The van der Waals surface area contributed by atoms with E-state index in [-0.39, 0.29) is 33.3 Å². The van der Waals surface area contributed by atoms with Crippen LogP contribution in [-0.4, -0.2) is 26.2 Å². The summed E-state index contributed by atoms with van der Waals surface area (Å²) in [5.41, 5.74) is 1.04. The van der Waals surface area contributed by atoms with Crippen LogP contribution in [0.15, 0.2) is 39.1 Å². The van der Waals surface area contributed by atoms with Crippen molar-refractivity contribution in [2.24, 2.45) is 0 Å². The van der Waals surface area contributed by atoms with Crippen molar-refractivity contribution in [2.75, 3.05) is 11.5 Å². The molecule has 0 aliphatic carbocycles. The zero-order valence-electron chi connectivity index (χ0n) is 15.3. The van der Waals surface area contributed by atoms with E-state index >= 15 is 0 Å². The minimum atomic E-state index is -4.10. The number of sulfonamides is 1. The van der Waals surface area contributed by atoms with Crippen molar-refractivity contribution in [1.82, 2.24) is 5.16 Å². The number of aryl methyl sites for hydroxylation is 1. The van der Waals surface area contributed by atoms with Gasteiger partial charge in [-0.15, -0.1) is 11.3 Å². The number of thiophene rings is 1. The number of nitrogens with zero attached hydrogens (tertiary/aromatic N) is 1. The van der Waals surface area contributed by atoms with Crippen LogP contribution in [0, 0.1) is 6.92 Å². The van der Waals surface area contributed by atoms with Gasteiger partial charge in [-0.1, -0.05) is 29.7 Å². The van der Waals surface area contributed by atoms with Crippen molar-refractivity contribution >= 4 is 44.6 Å². The van der Waals surface area contributed by atoms with E-state index in [1.54, 1.807) is 37.4 Å². The van der Waals surface area contributed by atoms with E-state index in [0.29, 0.717) is 22.8 Å². The van der Waals surface area contributed by atoms with Gasteiger partial charge >= 0.3 is 0 Å². The summed E-state index contributed by atoms with van der Waals surface area (Å²) in [5.74, 6) is 0.0410. The molecular formula is C18H15ClN2O6S2. The number of ether oxygens (including phenoxy) is 2. The van der Waals surface area contributed by atoms with Gasteiger partial charge in [0.2, 0.25) is 6.79 Å². The summed E-state index contributed by atoms with van der Waals surface area (Å²) in [4.78, 5) is 13.0. The zero-order valence-corrected chi connectivity index (χ0v) is 17.7.